The summed E-state index contributed by atoms with van der Waals surface area (Å²) in [5.74, 6) is -3.67. The summed E-state index contributed by atoms with van der Waals surface area (Å²) >= 11 is 3.03. The van der Waals surface area contributed by atoms with E-state index in [1.807, 2.05) is 0 Å². The number of carboxylic acids is 2. The van der Waals surface area contributed by atoms with Crippen molar-refractivity contribution in [3.63, 3.8) is 0 Å². The number of amides is 3. The molecule has 0 unspecified atom stereocenters. The third-order valence-electron chi connectivity index (χ3n) is 5.78. The van der Waals surface area contributed by atoms with Gasteiger partial charge in [0.05, 0.1) is 44.3 Å². The Bertz CT molecular complexity index is 846. The summed E-state index contributed by atoms with van der Waals surface area (Å²) in [5, 5.41) is 26.0. The van der Waals surface area contributed by atoms with Crippen molar-refractivity contribution in [2.75, 3.05) is 71.3 Å². The van der Waals surface area contributed by atoms with Gasteiger partial charge < -0.3 is 45.1 Å². The van der Waals surface area contributed by atoms with Crippen LogP contribution in [0.4, 0.5) is 0 Å². The second kappa shape index (κ2) is 26.9. The highest BCUT2D eigenvalue weighted by Gasteiger charge is 2.19. The molecule has 0 bridgehead atoms. The molecular weight excluding hydrogens is 638 g/mol. The molecule has 0 aromatic rings. The van der Waals surface area contributed by atoms with Gasteiger partial charge in [-0.25, -0.2) is 4.79 Å². The maximum absolute atomic E-state index is 12.0. The summed E-state index contributed by atoms with van der Waals surface area (Å²) in [6, 6.07) is -1.04. The van der Waals surface area contributed by atoms with Crippen LogP contribution in [0.5, 0.6) is 0 Å². The van der Waals surface area contributed by atoms with Crippen LogP contribution in [0.2, 0.25) is 0 Å². The molecule has 0 radical (unpaired) electrons. The number of ether oxygens (including phenoxy) is 4. The zero-order valence-electron chi connectivity index (χ0n) is 24.7. The van der Waals surface area contributed by atoms with Gasteiger partial charge in [-0.15, -0.1) is 0 Å². The number of aliphatic carboxylic acids is 2. The summed E-state index contributed by atoms with van der Waals surface area (Å²) in [7, 11) is 0. The van der Waals surface area contributed by atoms with Crippen LogP contribution in [0.1, 0.15) is 51.9 Å². The van der Waals surface area contributed by atoms with Gasteiger partial charge in [0.15, 0.2) is 5.78 Å². The zero-order chi connectivity index (χ0) is 32.3. The predicted molar refractivity (Wildman–Crippen MR) is 157 cm³/mol. The number of halogens is 1. The molecule has 0 fully saturated rings. The first-order chi connectivity index (χ1) is 20.6. The number of carbonyl (C=O) groups excluding carboxylic acids is 4. The maximum Gasteiger partial charge on any atom is 0.326 e. The molecule has 43 heavy (non-hydrogen) atoms. The Morgan fingerprint density at radius 1 is 0.651 bits per heavy atom. The minimum absolute atomic E-state index is 0.0505. The van der Waals surface area contributed by atoms with Gasteiger partial charge in [0.2, 0.25) is 17.7 Å². The first kappa shape index (κ1) is 40.3. The molecule has 15 nitrogen and oxygen atoms in total. The summed E-state index contributed by atoms with van der Waals surface area (Å²) in [6.07, 6.45) is 2.50. The smallest absolute Gasteiger partial charge is 0.326 e. The van der Waals surface area contributed by atoms with Crippen LogP contribution in [0, 0.1) is 5.92 Å². The van der Waals surface area contributed by atoms with Crippen molar-refractivity contribution in [3.8, 4) is 0 Å². The lowest BCUT2D eigenvalue weighted by Crippen LogP contribution is -2.42. The van der Waals surface area contributed by atoms with E-state index in [-0.39, 0.29) is 94.9 Å². The number of unbranched alkanes of at least 4 members (excludes halogenated alkanes) is 1. The molecule has 0 aromatic heterocycles. The fourth-order valence-corrected chi connectivity index (χ4v) is 3.50. The average Bonchev–Trinajstić information content (AvgIpc) is 2.97. The Morgan fingerprint density at radius 3 is 1.93 bits per heavy atom. The van der Waals surface area contributed by atoms with Crippen molar-refractivity contribution >= 4 is 51.4 Å². The van der Waals surface area contributed by atoms with Gasteiger partial charge in [0.25, 0.3) is 0 Å². The molecule has 3 amide bonds. The molecule has 0 aromatic carbocycles. The standard InChI is InChI=1S/C27H46BrN3O12/c1-20(26(36)37)7-8-23(33)30-10-12-41-14-15-42-18-21(32)5-4-11-40-13-16-43-19-25(35)31-22(27(38)39)6-2-3-9-29-24(34)17-28/h20,22H,2-19H2,1H3,(H,29,34)(H,30,33)(H,31,35)(H,36,37)(H,38,39)/t20-,22-/m0/s1. The Morgan fingerprint density at radius 2 is 1.28 bits per heavy atom. The molecule has 2 atom stereocenters. The minimum Gasteiger partial charge on any atom is -0.481 e. The van der Waals surface area contributed by atoms with Crippen molar-refractivity contribution < 1.29 is 57.9 Å². The summed E-state index contributed by atoms with van der Waals surface area (Å²) in [4.78, 5) is 68.6. The van der Waals surface area contributed by atoms with Gasteiger partial charge in [-0.05, 0) is 32.1 Å². The topological polar surface area (TPSA) is 216 Å². The number of alkyl halides is 1. The van der Waals surface area contributed by atoms with Gasteiger partial charge >= 0.3 is 11.9 Å². The van der Waals surface area contributed by atoms with E-state index in [1.165, 1.54) is 0 Å². The minimum atomic E-state index is -1.14. The van der Waals surface area contributed by atoms with E-state index in [4.69, 9.17) is 24.1 Å². The van der Waals surface area contributed by atoms with Crippen molar-refractivity contribution in [1.82, 2.24) is 16.0 Å². The lowest BCUT2D eigenvalue weighted by atomic mass is 10.1. The van der Waals surface area contributed by atoms with Gasteiger partial charge in [-0.3, -0.25) is 24.0 Å². The van der Waals surface area contributed by atoms with E-state index in [1.54, 1.807) is 6.92 Å². The second-order valence-electron chi connectivity index (χ2n) is 9.54. The molecule has 0 heterocycles. The van der Waals surface area contributed by atoms with E-state index in [2.05, 4.69) is 31.9 Å². The number of rotatable bonds is 29. The molecule has 0 spiro atoms. The molecule has 0 rings (SSSR count). The number of carbonyl (C=O) groups is 6. The van der Waals surface area contributed by atoms with Crippen LogP contribution in [0.3, 0.4) is 0 Å². The molecule has 0 saturated heterocycles. The van der Waals surface area contributed by atoms with Gasteiger partial charge in [0.1, 0.15) is 19.3 Å². The summed E-state index contributed by atoms with van der Waals surface area (Å²) < 4.78 is 21.1. The number of ketones is 1. The molecular formula is C27H46BrN3O12. The maximum atomic E-state index is 12.0. The molecule has 0 aliphatic rings. The monoisotopic (exact) mass is 683 g/mol. The third kappa shape index (κ3) is 25.5. The van der Waals surface area contributed by atoms with E-state index in [9.17, 15) is 33.9 Å². The number of Topliss-reactive ketones (excluding diaryl/α,β-unsaturated/α-hetero) is 1. The molecule has 16 heteroatoms. The van der Waals surface area contributed by atoms with Gasteiger partial charge in [-0.2, -0.15) is 0 Å². The van der Waals surface area contributed by atoms with Crippen LogP contribution < -0.4 is 16.0 Å². The molecule has 5 N–H and O–H groups in total. The summed E-state index contributed by atoms with van der Waals surface area (Å²) in [6.45, 7) is 3.33. The SMILES string of the molecule is C[C@@H](CCC(=O)NCCOCCOCC(=O)CCCOCCOCC(=O)N[C@@H](CCCCNC(=O)CBr)C(=O)O)C(=O)O. The lowest BCUT2D eigenvalue weighted by Gasteiger charge is -2.14. The molecule has 248 valence electrons. The van der Waals surface area contributed by atoms with Crippen LogP contribution in [-0.2, 0) is 47.7 Å². The zero-order valence-corrected chi connectivity index (χ0v) is 26.3. The van der Waals surface area contributed by atoms with Crippen molar-refractivity contribution in [2.45, 2.75) is 57.9 Å². The van der Waals surface area contributed by atoms with Crippen LogP contribution in [0.25, 0.3) is 0 Å². The highest BCUT2D eigenvalue weighted by Crippen LogP contribution is 2.05. The number of hydrogen-bond acceptors (Lipinski definition) is 10. The Labute approximate surface area is 260 Å². The van der Waals surface area contributed by atoms with E-state index in [0.717, 1.165) is 0 Å². The second-order valence-corrected chi connectivity index (χ2v) is 10.1. The Kier molecular flexibility index (Phi) is 25.3. The van der Waals surface area contributed by atoms with E-state index < -0.39 is 29.8 Å². The average molecular weight is 685 g/mol. The highest BCUT2D eigenvalue weighted by atomic mass is 79.9. The largest absolute Gasteiger partial charge is 0.481 e. The van der Waals surface area contributed by atoms with E-state index >= 15 is 0 Å². The van der Waals surface area contributed by atoms with Crippen LogP contribution in [-0.4, -0.2) is 123 Å². The van der Waals surface area contributed by atoms with Crippen LogP contribution >= 0.6 is 15.9 Å². The fraction of sp³-hybridized carbons (Fsp3) is 0.778. The van der Waals surface area contributed by atoms with Crippen molar-refractivity contribution in [2.24, 2.45) is 5.92 Å². The highest BCUT2D eigenvalue weighted by molar-refractivity contribution is 9.09. The van der Waals surface area contributed by atoms with Gasteiger partial charge in [-0.1, -0.05) is 22.9 Å². The molecule has 0 saturated carbocycles. The first-order valence-electron chi connectivity index (χ1n) is 14.2. The number of carboxylic acid groups (broad SMARTS) is 2. The normalized spacial score (nSPS) is 12.2. The van der Waals surface area contributed by atoms with Crippen LogP contribution in [0.15, 0.2) is 0 Å². The van der Waals surface area contributed by atoms with Gasteiger partial charge in [0, 0.05) is 32.5 Å². The Balaban J connectivity index is 3.63. The molecule has 0 aliphatic heterocycles. The first-order valence-corrected chi connectivity index (χ1v) is 15.4. The summed E-state index contributed by atoms with van der Waals surface area (Å²) in [5.41, 5.74) is 0. The van der Waals surface area contributed by atoms with Crippen molar-refractivity contribution in [1.29, 1.82) is 0 Å². The fourth-order valence-electron chi connectivity index (χ4n) is 3.30. The molecule has 0 aliphatic carbocycles. The lowest BCUT2D eigenvalue weighted by molar-refractivity contribution is -0.143. The predicted octanol–water partition coefficient (Wildman–Crippen LogP) is 0.270. The number of nitrogens with one attached hydrogen (secondary N) is 3. The van der Waals surface area contributed by atoms with Crippen molar-refractivity contribution in [3.05, 3.63) is 0 Å². The quantitative estimate of drug-likeness (QED) is 0.0530. The third-order valence-corrected chi connectivity index (χ3v) is 6.28. The van der Waals surface area contributed by atoms with E-state index in [0.29, 0.717) is 39.0 Å². The number of hydrogen-bond donors (Lipinski definition) is 5. The Hall–Kier alpha value is -2.66.